The van der Waals surface area contributed by atoms with Crippen LogP contribution in [0.4, 0.5) is 5.13 Å². The van der Waals surface area contributed by atoms with Crippen molar-refractivity contribution in [3.8, 4) is 0 Å². The number of thioether (sulfide) groups is 1. The van der Waals surface area contributed by atoms with Crippen molar-refractivity contribution < 1.29 is 0 Å². The lowest BCUT2D eigenvalue weighted by Crippen LogP contribution is -2.08. The van der Waals surface area contributed by atoms with E-state index in [1.807, 2.05) is 18.2 Å². The van der Waals surface area contributed by atoms with Gasteiger partial charge in [0.15, 0.2) is 15.9 Å². The summed E-state index contributed by atoms with van der Waals surface area (Å²) < 4.78 is 0.471. The highest BCUT2D eigenvalue weighted by Crippen LogP contribution is 2.32. The second-order valence-electron chi connectivity index (χ2n) is 4.25. The molecule has 0 spiro atoms. The molecule has 0 aliphatic rings. The fourth-order valence-electron chi connectivity index (χ4n) is 1.85. The molecule has 1 atom stereocenters. The first-order valence-electron chi connectivity index (χ1n) is 6.01. The molecule has 102 valence electrons. The van der Waals surface area contributed by atoms with Gasteiger partial charge in [0.05, 0.1) is 0 Å². The average molecular weight is 304 g/mol. The largest absolute Gasteiger partial charge is 0.375 e. The average Bonchev–Trinajstić information content (AvgIpc) is 2.81. The number of H-pyrrole nitrogens is 1. The van der Waals surface area contributed by atoms with Crippen molar-refractivity contribution >= 4 is 38.6 Å². The Labute approximate surface area is 123 Å². The minimum Gasteiger partial charge on any atom is -0.375 e. The number of hydrogen-bond acceptors (Lipinski definition) is 6. The molecule has 3 rings (SSSR count). The van der Waals surface area contributed by atoms with E-state index in [9.17, 15) is 4.79 Å². The van der Waals surface area contributed by atoms with Gasteiger partial charge in [-0.1, -0.05) is 53.4 Å². The zero-order chi connectivity index (χ0) is 14.1. The molecule has 0 saturated carbocycles. The van der Waals surface area contributed by atoms with E-state index in [-0.39, 0.29) is 10.8 Å². The molecule has 0 aliphatic heterocycles. The van der Waals surface area contributed by atoms with Crippen LogP contribution in [0.25, 0.3) is 10.3 Å². The van der Waals surface area contributed by atoms with E-state index in [4.69, 9.17) is 5.73 Å². The zero-order valence-corrected chi connectivity index (χ0v) is 12.3. The molecule has 0 bridgehead atoms. The van der Waals surface area contributed by atoms with E-state index in [1.165, 1.54) is 17.3 Å². The predicted octanol–water partition coefficient (Wildman–Crippen LogP) is 2.82. The molecule has 0 fully saturated rings. The molecular formula is C13H12N4OS2. The number of nitrogen functional groups attached to an aromatic ring is 1. The van der Waals surface area contributed by atoms with Crippen LogP contribution in [-0.4, -0.2) is 15.0 Å². The second kappa shape index (κ2) is 5.26. The maximum atomic E-state index is 11.9. The molecule has 2 heterocycles. The quantitative estimate of drug-likeness (QED) is 0.574. The second-order valence-corrected chi connectivity index (χ2v) is 6.61. The maximum absolute atomic E-state index is 11.9. The van der Waals surface area contributed by atoms with Crippen LogP contribution in [0.1, 0.15) is 17.7 Å². The number of hydrogen-bond donors (Lipinski definition) is 2. The van der Waals surface area contributed by atoms with Crippen molar-refractivity contribution in [1.82, 2.24) is 15.0 Å². The minimum absolute atomic E-state index is 0.188. The topological polar surface area (TPSA) is 84.7 Å². The lowest BCUT2D eigenvalue weighted by atomic mass is 10.2. The van der Waals surface area contributed by atoms with Gasteiger partial charge in [0, 0.05) is 5.25 Å². The van der Waals surface area contributed by atoms with Gasteiger partial charge < -0.3 is 10.7 Å². The Balaban J connectivity index is 1.93. The first-order valence-corrected chi connectivity index (χ1v) is 7.71. The number of nitrogens with one attached hydrogen (secondary N) is 1. The Kier molecular flexibility index (Phi) is 3.45. The number of aromatic nitrogens is 3. The highest BCUT2D eigenvalue weighted by atomic mass is 32.2. The number of aromatic amines is 1. The van der Waals surface area contributed by atoms with Crippen LogP contribution in [-0.2, 0) is 0 Å². The van der Waals surface area contributed by atoms with Gasteiger partial charge in [0.1, 0.15) is 4.70 Å². The van der Waals surface area contributed by atoms with Crippen LogP contribution in [0.5, 0.6) is 0 Å². The molecule has 3 N–H and O–H groups in total. The van der Waals surface area contributed by atoms with E-state index in [0.29, 0.717) is 20.6 Å². The van der Waals surface area contributed by atoms with Crippen molar-refractivity contribution in [1.29, 1.82) is 0 Å². The van der Waals surface area contributed by atoms with Crippen LogP contribution in [0.15, 0.2) is 40.3 Å². The molecule has 3 aromatic rings. The van der Waals surface area contributed by atoms with Crippen molar-refractivity contribution in [2.45, 2.75) is 17.3 Å². The summed E-state index contributed by atoms with van der Waals surface area (Å²) in [6.07, 6.45) is 0. The van der Waals surface area contributed by atoms with Crippen molar-refractivity contribution in [3.05, 3.63) is 46.2 Å². The summed E-state index contributed by atoms with van der Waals surface area (Å²) in [5.41, 5.74) is 7.02. The number of rotatable bonds is 3. The molecule has 0 amide bonds. The van der Waals surface area contributed by atoms with Crippen LogP contribution in [0.2, 0.25) is 0 Å². The maximum Gasteiger partial charge on any atom is 0.271 e. The SMILES string of the molecule is C[C@H](Sc1nc2nc(N)sc2c(=O)[nH]1)c1ccccc1. The smallest absolute Gasteiger partial charge is 0.271 e. The summed E-state index contributed by atoms with van der Waals surface area (Å²) in [6.45, 7) is 2.07. The third kappa shape index (κ3) is 2.54. The van der Waals surface area contributed by atoms with Crippen LogP contribution in [0, 0.1) is 0 Å². The number of anilines is 1. The first-order chi connectivity index (χ1) is 9.63. The molecule has 0 radical (unpaired) electrons. The van der Waals surface area contributed by atoms with Crippen molar-refractivity contribution in [2.75, 3.05) is 5.73 Å². The number of nitrogens with zero attached hydrogens (tertiary/aromatic N) is 2. The Morgan fingerprint density at radius 3 is 2.80 bits per heavy atom. The summed E-state index contributed by atoms with van der Waals surface area (Å²) in [7, 11) is 0. The zero-order valence-electron chi connectivity index (χ0n) is 10.7. The summed E-state index contributed by atoms with van der Waals surface area (Å²) in [5, 5.41) is 1.10. The van der Waals surface area contributed by atoms with Gasteiger partial charge in [-0.3, -0.25) is 4.79 Å². The molecule has 0 saturated heterocycles. The third-order valence-corrected chi connectivity index (χ3v) is 4.73. The molecule has 0 aliphatic carbocycles. The highest BCUT2D eigenvalue weighted by molar-refractivity contribution is 7.99. The van der Waals surface area contributed by atoms with E-state index in [2.05, 4.69) is 34.0 Å². The molecular weight excluding hydrogens is 292 g/mol. The Hall–Kier alpha value is -1.86. The summed E-state index contributed by atoms with van der Waals surface area (Å²) in [5.74, 6) is 0. The van der Waals surface area contributed by atoms with Crippen molar-refractivity contribution in [3.63, 3.8) is 0 Å². The van der Waals surface area contributed by atoms with Gasteiger partial charge in [-0.2, -0.15) is 0 Å². The molecule has 2 aromatic heterocycles. The normalized spacial score (nSPS) is 12.7. The third-order valence-electron chi connectivity index (χ3n) is 2.82. The van der Waals surface area contributed by atoms with Gasteiger partial charge in [0.2, 0.25) is 0 Å². The van der Waals surface area contributed by atoms with Gasteiger partial charge in [0.25, 0.3) is 5.56 Å². The minimum atomic E-state index is -0.188. The van der Waals surface area contributed by atoms with E-state index >= 15 is 0 Å². The molecule has 7 heteroatoms. The molecule has 5 nitrogen and oxygen atoms in total. The van der Waals surface area contributed by atoms with E-state index < -0.39 is 0 Å². The van der Waals surface area contributed by atoms with Gasteiger partial charge in [-0.25, -0.2) is 9.97 Å². The summed E-state index contributed by atoms with van der Waals surface area (Å²) >= 11 is 2.65. The monoisotopic (exact) mass is 304 g/mol. The fourth-order valence-corrected chi connectivity index (χ4v) is 3.43. The number of benzene rings is 1. The Morgan fingerprint density at radius 1 is 1.30 bits per heavy atom. The predicted molar refractivity (Wildman–Crippen MR) is 83.2 cm³/mol. The van der Waals surface area contributed by atoms with E-state index in [0.717, 1.165) is 11.3 Å². The lowest BCUT2D eigenvalue weighted by molar-refractivity contribution is 0.953. The standard InChI is InChI=1S/C13H12N4OS2/c1-7(8-5-3-2-4-6-8)19-13-16-10-9(11(18)17-13)20-12(14)15-10/h2-7H,1H3,(H3,14,15,16,17,18)/t7-/m0/s1. The molecule has 20 heavy (non-hydrogen) atoms. The Bertz CT molecular complexity index is 797. The number of fused-ring (bicyclic) bond motifs is 1. The highest BCUT2D eigenvalue weighted by Gasteiger charge is 2.13. The molecule has 1 aromatic carbocycles. The lowest BCUT2D eigenvalue weighted by Gasteiger charge is -2.10. The number of thiazole rings is 1. The van der Waals surface area contributed by atoms with Gasteiger partial charge in [-0.05, 0) is 12.5 Å². The van der Waals surface area contributed by atoms with Crippen LogP contribution < -0.4 is 11.3 Å². The fraction of sp³-hybridized carbons (Fsp3) is 0.154. The van der Waals surface area contributed by atoms with Crippen LogP contribution in [0.3, 0.4) is 0 Å². The van der Waals surface area contributed by atoms with Gasteiger partial charge >= 0.3 is 0 Å². The summed E-state index contributed by atoms with van der Waals surface area (Å²) in [6, 6.07) is 10.1. The number of nitrogens with two attached hydrogens (primary N) is 1. The molecule has 0 unspecified atom stereocenters. The first kappa shape index (κ1) is 13.1. The van der Waals surface area contributed by atoms with Crippen molar-refractivity contribution in [2.24, 2.45) is 0 Å². The van der Waals surface area contributed by atoms with Crippen LogP contribution >= 0.6 is 23.1 Å². The summed E-state index contributed by atoms with van der Waals surface area (Å²) in [4.78, 5) is 23.1. The Morgan fingerprint density at radius 2 is 2.05 bits per heavy atom. The van der Waals surface area contributed by atoms with Gasteiger partial charge in [-0.15, -0.1) is 0 Å². The van der Waals surface area contributed by atoms with E-state index in [1.54, 1.807) is 0 Å².